The third kappa shape index (κ3) is 2.10. The van der Waals surface area contributed by atoms with Gasteiger partial charge in [0.1, 0.15) is 5.82 Å². The van der Waals surface area contributed by atoms with Crippen molar-refractivity contribution in [3.05, 3.63) is 65.5 Å². The van der Waals surface area contributed by atoms with Gasteiger partial charge in [-0.3, -0.25) is 4.90 Å². The van der Waals surface area contributed by atoms with Gasteiger partial charge in [0.15, 0.2) is 0 Å². The van der Waals surface area contributed by atoms with Gasteiger partial charge in [0.2, 0.25) is 0 Å². The monoisotopic (exact) mass is 263 g/mol. The topological polar surface area (TPSA) is 31.9 Å². The normalized spacial score (nSPS) is 14.8. The standard InChI is InChI=1S/C17H17N3/c1-2-6-14-12-20(11-13(14)5-1)10-9-17-18-15-7-3-4-8-16(15)19-17/h1-8H,9-12H2,(H,18,19). The van der Waals surface area contributed by atoms with E-state index in [0.717, 1.165) is 42.9 Å². The van der Waals surface area contributed by atoms with Crippen molar-refractivity contribution < 1.29 is 0 Å². The first-order valence-electron chi connectivity index (χ1n) is 7.11. The van der Waals surface area contributed by atoms with E-state index in [-0.39, 0.29) is 0 Å². The van der Waals surface area contributed by atoms with Gasteiger partial charge in [0, 0.05) is 26.1 Å². The maximum Gasteiger partial charge on any atom is 0.108 e. The minimum absolute atomic E-state index is 0.975. The van der Waals surface area contributed by atoms with Crippen LogP contribution in [0.15, 0.2) is 48.5 Å². The van der Waals surface area contributed by atoms with Crippen LogP contribution in [0, 0.1) is 0 Å². The van der Waals surface area contributed by atoms with Crippen LogP contribution in [0.2, 0.25) is 0 Å². The highest BCUT2D eigenvalue weighted by atomic mass is 15.1. The second kappa shape index (κ2) is 4.76. The predicted octanol–water partition coefficient (Wildman–Crippen LogP) is 3.12. The molecule has 0 spiro atoms. The lowest BCUT2D eigenvalue weighted by atomic mass is 10.1. The predicted molar refractivity (Wildman–Crippen MR) is 80.4 cm³/mol. The molecule has 0 fully saturated rings. The van der Waals surface area contributed by atoms with Crippen molar-refractivity contribution in [1.29, 1.82) is 0 Å². The summed E-state index contributed by atoms with van der Waals surface area (Å²) in [6.07, 6.45) is 0.975. The largest absolute Gasteiger partial charge is 0.342 e. The van der Waals surface area contributed by atoms with E-state index in [1.165, 1.54) is 11.1 Å². The first-order chi connectivity index (χ1) is 9.88. The van der Waals surface area contributed by atoms with Crippen molar-refractivity contribution in [2.75, 3.05) is 6.54 Å². The van der Waals surface area contributed by atoms with Crippen molar-refractivity contribution in [2.24, 2.45) is 0 Å². The third-order valence-corrected chi connectivity index (χ3v) is 4.01. The minimum atomic E-state index is 0.975. The number of H-pyrrole nitrogens is 1. The van der Waals surface area contributed by atoms with Crippen LogP contribution >= 0.6 is 0 Å². The molecular weight excluding hydrogens is 246 g/mol. The van der Waals surface area contributed by atoms with Crippen LogP contribution in [0.3, 0.4) is 0 Å². The summed E-state index contributed by atoms with van der Waals surface area (Å²) in [7, 11) is 0. The molecule has 2 aromatic carbocycles. The van der Waals surface area contributed by atoms with Crippen molar-refractivity contribution in [1.82, 2.24) is 14.9 Å². The quantitative estimate of drug-likeness (QED) is 0.787. The molecule has 0 aliphatic carbocycles. The van der Waals surface area contributed by atoms with Gasteiger partial charge in [-0.1, -0.05) is 36.4 Å². The van der Waals surface area contributed by atoms with Gasteiger partial charge in [0.05, 0.1) is 11.0 Å². The van der Waals surface area contributed by atoms with Crippen molar-refractivity contribution in [2.45, 2.75) is 19.5 Å². The fourth-order valence-corrected chi connectivity index (χ4v) is 2.95. The molecule has 0 unspecified atom stereocenters. The second-order valence-corrected chi connectivity index (χ2v) is 5.43. The number of fused-ring (bicyclic) bond motifs is 2. The summed E-state index contributed by atoms with van der Waals surface area (Å²) in [6, 6.07) is 16.9. The molecule has 100 valence electrons. The fourth-order valence-electron chi connectivity index (χ4n) is 2.95. The highest BCUT2D eigenvalue weighted by Gasteiger charge is 2.17. The Balaban J connectivity index is 1.44. The average molecular weight is 263 g/mol. The Kier molecular flexibility index (Phi) is 2.78. The Morgan fingerprint density at radius 3 is 2.40 bits per heavy atom. The summed E-state index contributed by atoms with van der Waals surface area (Å²) in [4.78, 5) is 10.5. The summed E-state index contributed by atoms with van der Waals surface area (Å²) in [5.74, 6) is 1.09. The maximum absolute atomic E-state index is 4.64. The van der Waals surface area contributed by atoms with Gasteiger partial charge >= 0.3 is 0 Å². The molecule has 0 bridgehead atoms. The summed E-state index contributed by atoms with van der Waals surface area (Å²) in [5, 5.41) is 0. The molecule has 4 rings (SSSR count). The molecular formula is C17H17N3. The van der Waals surface area contributed by atoms with Gasteiger partial charge in [-0.25, -0.2) is 4.98 Å². The Morgan fingerprint density at radius 2 is 1.65 bits per heavy atom. The van der Waals surface area contributed by atoms with Crippen LogP contribution in [-0.2, 0) is 19.5 Å². The first-order valence-corrected chi connectivity index (χ1v) is 7.11. The SMILES string of the molecule is c1ccc2c(c1)CN(CCc1nc3ccccc3[nH]1)C2. The van der Waals surface area contributed by atoms with E-state index in [1.54, 1.807) is 0 Å². The zero-order valence-corrected chi connectivity index (χ0v) is 11.3. The highest BCUT2D eigenvalue weighted by Crippen LogP contribution is 2.22. The third-order valence-electron chi connectivity index (χ3n) is 4.01. The van der Waals surface area contributed by atoms with Gasteiger partial charge in [-0.2, -0.15) is 0 Å². The van der Waals surface area contributed by atoms with E-state index in [0.29, 0.717) is 0 Å². The summed E-state index contributed by atoms with van der Waals surface area (Å²) in [6.45, 7) is 3.18. The first kappa shape index (κ1) is 11.7. The van der Waals surface area contributed by atoms with Crippen molar-refractivity contribution >= 4 is 11.0 Å². The zero-order valence-electron chi connectivity index (χ0n) is 11.3. The molecule has 3 heteroatoms. The summed E-state index contributed by atoms with van der Waals surface area (Å²) >= 11 is 0. The van der Waals surface area contributed by atoms with Gasteiger partial charge in [-0.05, 0) is 23.3 Å². The molecule has 1 N–H and O–H groups in total. The van der Waals surface area contributed by atoms with Crippen LogP contribution in [0.4, 0.5) is 0 Å². The Hall–Kier alpha value is -2.13. The van der Waals surface area contributed by atoms with Gasteiger partial charge in [-0.15, -0.1) is 0 Å². The number of nitrogens with one attached hydrogen (secondary N) is 1. The van der Waals surface area contributed by atoms with Crippen LogP contribution in [0.25, 0.3) is 11.0 Å². The van der Waals surface area contributed by atoms with Crippen LogP contribution in [0.5, 0.6) is 0 Å². The molecule has 2 heterocycles. The molecule has 0 saturated heterocycles. The summed E-state index contributed by atoms with van der Waals surface area (Å²) in [5.41, 5.74) is 5.13. The molecule has 1 aromatic heterocycles. The lowest BCUT2D eigenvalue weighted by molar-refractivity contribution is 0.286. The molecule has 1 aliphatic rings. The molecule has 20 heavy (non-hydrogen) atoms. The smallest absolute Gasteiger partial charge is 0.108 e. The molecule has 0 amide bonds. The van der Waals surface area contributed by atoms with E-state index < -0.39 is 0 Å². The van der Waals surface area contributed by atoms with Crippen LogP contribution in [-0.4, -0.2) is 21.4 Å². The molecule has 3 aromatic rings. The number of benzene rings is 2. The number of aromatic amines is 1. The van der Waals surface area contributed by atoms with E-state index in [4.69, 9.17) is 0 Å². The molecule has 3 nitrogen and oxygen atoms in total. The maximum atomic E-state index is 4.64. The molecule has 0 saturated carbocycles. The summed E-state index contributed by atoms with van der Waals surface area (Å²) < 4.78 is 0. The number of rotatable bonds is 3. The molecule has 1 aliphatic heterocycles. The number of aromatic nitrogens is 2. The fraction of sp³-hybridized carbons (Fsp3) is 0.235. The minimum Gasteiger partial charge on any atom is -0.342 e. The lowest BCUT2D eigenvalue weighted by Crippen LogP contribution is -2.19. The van der Waals surface area contributed by atoms with E-state index >= 15 is 0 Å². The number of hydrogen-bond donors (Lipinski definition) is 1. The number of hydrogen-bond acceptors (Lipinski definition) is 2. The van der Waals surface area contributed by atoms with Crippen LogP contribution in [0.1, 0.15) is 17.0 Å². The number of nitrogens with zero attached hydrogens (tertiary/aromatic N) is 2. The number of para-hydroxylation sites is 2. The highest BCUT2D eigenvalue weighted by molar-refractivity contribution is 5.74. The second-order valence-electron chi connectivity index (χ2n) is 5.43. The Labute approximate surface area is 118 Å². The Bertz CT molecular complexity index is 687. The molecule has 0 radical (unpaired) electrons. The molecule has 0 atom stereocenters. The number of imidazole rings is 1. The zero-order chi connectivity index (χ0) is 13.4. The van der Waals surface area contributed by atoms with E-state index in [1.807, 2.05) is 12.1 Å². The van der Waals surface area contributed by atoms with Crippen LogP contribution < -0.4 is 0 Å². The van der Waals surface area contributed by atoms with Crippen molar-refractivity contribution in [3.8, 4) is 0 Å². The van der Waals surface area contributed by atoms with Gasteiger partial charge < -0.3 is 4.98 Å². The van der Waals surface area contributed by atoms with E-state index in [2.05, 4.69) is 51.3 Å². The van der Waals surface area contributed by atoms with E-state index in [9.17, 15) is 0 Å². The average Bonchev–Trinajstić information content (AvgIpc) is 3.07. The Morgan fingerprint density at radius 1 is 0.950 bits per heavy atom. The lowest BCUT2D eigenvalue weighted by Gasteiger charge is -2.13. The van der Waals surface area contributed by atoms with Gasteiger partial charge in [0.25, 0.3) is 0 Å². The van der Waals surface area contributed by atoms with Crippen molar-refractivity contribution in [3.63, 3.8) is 0 Å².